The molecular weight excluding hydrogens is 314 g/mol. The van der Waals surface area contributed by atoms with Crippen LogP contribution in [0.2, 0.25) is 5.02 Å². The first kappa shape index (κ1) is 15.3. The van der Waals surface area contributed by atoms with Crippen LogP contribution in [0.1, 0.15) is 18.1 Å². The Morgan fingerprint density at radius 1 is 1.17 bits per heavy atom. The van der Waals surface area contributed by atoms with Crippen molar-refractivity contribution in [2.24, 2.45) is 4.99 Å². The largest absolute Gasteiger partial charge is 0.488 e. The van der Waals surface area contributed by atoms with E-state index in [2.05, 4.69) is 4.99 Å². The molecule has 3 rings (SSSR count). The minimum Gasteiger partial charge on any atom is -0.488 e. The summed E-state index contributed by atoms with van der Waals surface area (Å²) in [5, 5.41) is 0.655. The zero-order chi connectivity index (χ0) is 16.2. The second kappa shape index (κ2) is 6.67. The van der Waals surface area contributed by atoms with Crippen LogP contribution in [0.4, 0.5) is 0 Å². The summed E-state index contributed by atoms with van der Waals surface area (Å²) < 4.78 is 10.8. The van der Waals surface area contributed by atoms with Gasteiger partial charge >= 0.3 is 5.97 Å². The molecule has 0 aliphatic carbocycles. The summed E-state index contributed by atoms with van der Waals surface area (Å²) in [6.07, 6.45) is 1.65. The van der Waals surface area contributed by atoms with Gasteiger partial charge in [-0.1, -0.05) is 48.0 Å². The number of nitrogens with zero attached hydrogens (tertiary/aromatic N) is 1. The molecule has 0 saturated heterocycles. The number of esters is 1. The Balaban J connectivity index is 1.83. The number of benzene rings is 2. The van der Waals surface area contributed by atoms with E-state index in [1.807, 2.05) is 48.5 Å². The highest BCUT2D eigenvalue weighted by Crippen LogP contribution is 2.25. The summed E-state index contributed by atoms with van der Waals surface area (Å²) in [5.74, 6) is 0.534. The minimum atomic E-state index is -0.455. The first-order chi connectivity index (χ1) is 11.1. The predicted octanol–water partition coefficient (Wildman–Crippen LogP) is 4.24. The third kappa shape index (κ3) is 3.60. The van der Waals surface area contributed by atoms with Gasteiger partial charge in [-0.2, -0.15) is 0 Å². The fraction of sp³-hybridized carbons (Fsp3) is 0.111. The van der Waals surface area contributed by atoms with E-state index in [0.717, 1.165) is 11.1 Å². The Kier molecular flexibility index (Phi) is 4.44. The molecule has 0 aromatic heterocycles. The van der Waals surface area contributed by atoms with Gasteiger partial charge in [0.05, 0.1) is 0 Å². The summed E-state index contributed by atoms with van der Waals surface area (Å²) in [6, 6.07) is 14.9. The summed E-state index contributed by atoms with van der Waals surface area (Å²) in [5.41, 5.74) is 1.91. The summed E-state index contributed by atoms with van der Waals surface area (Å²) >= 11 is 6.13. The molecule has 0 atom stereocenters. The molecule has 2 aromatic carbocycles. The summed E-state index contributed by atoms with van der Waals surface area (Å²) in [4.78, 5) is 15.7. The molecule has 0 saturated carbocycles. The second-order valence-electron chi connectivity index (χ2n) is 4.97. The van der Waals surface area contributed by atoms with E-state index >= 15 is 0 Å². The monoisotopic (exact) mass is 327 g/mol. The molecule has 116 valence electrons. The van der Waals surface area contributed by atoms with Gasteiger partial charge in [-0.15, -0.1) is 0 Å². The Labute approximate surface area is 139 Å². The molecule has 1 heterocycles. The lowest BCUT2D eigenvalue weighted by Gasteiger charge is -2.10. The second-order valence-corrected chi connectivity index (χ2v) is 5.38. The average molecular weight is 328 g/mol. The van der Waals surface area contributed by atoms with Gasteiger partial charge in [0.25, 0.3) is 0 Å². The van der Waals surface area contributed by atoms with E-state index in [4.69, 9.17) is 21.1 Å². The van der Waals surface area contributed by atoms with Crippen molar-refractivity contribution in [3.63, 3.8) is 0 Å². The van der Waals surface area contributed by atoms with Crippen molar-refractivity contribution in [2.75, 3.05) is 0 Å². The number of halogens is 1. The van der Waals surface area contributed by atoms with Crippen molar-refractivity contribution in [2.45, 2.75) is 13.5 Å². The number of cyclic esters (lactones) is 1. The molecule has 0 fully saturated rings. The highest BCUT2D eigenvalue weighted by molar-refractivity contribution is 6.31. The minimum absolute atomic E-state index is 0.260. The molecule has 0 N–H and O–H groups in total. The average Bonchev–Trinajstić information content (AvgIpc) is 2.85. The highest BCUT2D eigenvalue weighted by atomic mass is 35.5. The van der Waals surface area contributed by atoms with Gasteiger partial charge in [-0.25, -0.2) is 9.79 Å². The first-order valence-corrected chi connectivity index (χ1v) is 7.45. The first-order valence-electron chi connectivity index (χ1n) is 7.08. The molecule has 23 heavy (non-hydrogen) atoms. The Morgan fingerprint density at radius 2 is 1.91 bits per heavy atom. The standard InChI is InChI=1S/C18H14ClNO3/c1-12-20-16(18(21)23-12)10-13-6-3-5-9-17(13)22-11-14-7-2-4-8-15(14)19/h2-10H,11H2,1H3/b16-10+. The van der Waals surface area contributed by atoms with Gasteiger partial charge in [-0.05, 0) is 18.2 Å². The number of carbonyl (C=O) groups excluding carboxylic acids is 1. The van der Waals surface area contributed by atoms with Crippen LogP contribution < -0.4 is 4.74 Å². The van der Waals surface area contributed by atoms with Gasteiger partial charge in [0.15, 0.2) is 11.6 Å². The number of ether oxygens (including phenoxy) is 2. The van der Waals surface area contributed by atoms with E-state index in [-0.39, 0.29) is 5.70 Å². The van der Waals surface area contributed by atoms with E-state index in [0.29, 0.717) is 23.3 Å². The van der Waals surface area contributed by atoms with E-state index in [9.17, 15) is 4.79 Å². The molecule has 0 bridgehead atoms. The fourth-order valence-electron chi connectivity index (χ4n) is 2.17. The van der Waals surface area contributed by atoms with E-state index in [1.54, 1.807) is 13.0 Å². The van der Waals surface area contributed by atoms with Crippen LogP contribution in [-0.2, 0) is 16.1 Å². The Hall–Kier alpha value is -2.59. The van der Waals surface area contributed by atoms with E-state index in [1.165, 1.54) is 0 Å². The lowest BCUT2D eigenvalue weighted by molar-refractivity contribution is -0.130. The molecule has 0 amide bonds. The predicted molar refractivity (Wildman–Crippen MR) is 89.4 cm³/mol. The SMILES string of the molecule is CC1=N/C(=C/c2ccccc2OCc2ccccc2Cl)C(=O)O1. The van der Waals surface area contributed by atoms with Crippen molar-refractivity contribution >= 4 is 29.5 Å². The van der Waals surface area contributed by atoms with Crippen LogP contribution in [0, 0.1) is 0 Å². The quantitative estimate of drug-likeness (QED) is 0.623. The Bertz CT molecular complexity index is 811. The molecule has 5 heteroatoms. The lowest BCUT2D eigenvalue weighted by atomic mass is 10.1. The topological polar surface area (TPSA) is 47.9 Å². The van der Waals surface area contributed by atoms with Crippen molar-refractivity contribution in [3.05, 3.63) is 70.4 Å². The van der Waals surface area contributed by atoms with Crippen molar-refractivity contribution in [3.8, 4) is 5.75 Å². The normalized spacial score (nSPS) is 15.5. The van der Waals surface area contributed by atoms with Crippen LogP contribution in [0.5, 0.6) is 5.75 Å². The zero-order valence-corrected chi connectivity index (χ0v) is 13.2. The maximum Gasteiger partial charge on any atom is 0.363 e. The molecule has 4 nitrogen and oxygen atoms in total. The molecule has 0 radical (unpaired) electrons. The maximum absolute atomic E-state index is 11.7. The maximum atomic E-state index is 11.7. The number of carbonyl (C=O) groups is 1. The van der Waals surface area contributed by atoms with Crippen molar-refractivity contribution in [1.82, 2.24) is 0 Å². The van der Waals surface area contributed by atoms with Gasteiger partial charge < -0.3 is 9.47 Å². The molecule has 0 spiro atoms. The number of rotatable bonds is 4. The van der Waals surface area contributed by atoms with Crippen LogP contribution >= 0.6 is 11.6 Å². The van der Waals surface area contributed by atoms with Crippen LogP contribution in [0.3, 0.4) is 0 Å². The highest BCUT2D eigenvalue weighted by Gasteiger charge is 2.20. The van der Waals surface area contributed by atoms with Crippen molar-refractivity contribution in [1.29, 1.82) is 0 Å². The zero-order valence-electron chi connectivity index (χ0n) is 12.5. The number of hydrogen-bond acceptors (Lipinski definition) is 4. The summed E-state index contributed by atoms with van der Waals surface area (Å²) in [6.45, 7) is 1.98. The fourth-order valence-corrected chi connectivity index (χ4v) is 2.36. The summed E-state index contributed by atoms with van der Waals surface area (Å²) in [7, 11) is 0. The van der Waals surface area contributed by atoms with Gasteiger partial charge in [-0.3, -0.25) is 0 Å². The molecule has 1 aliphatic rings. The Morgan fingerprint density at radius 3 is 2.65 bits per heavy atom. The molecule has 0 unspecified atom stereocenters. The van der Waals surface area contributed by atoms with Crippen LogP contribution in [0.15, 0.2) is 59.2 Å². The van der Waals surface area contributed by atoms with Crippen LogP contribution in [0.25, 0.3) is 6.08 Å². The lowest BCUT2D eigenvalue weighted by Crippen LogP contribution is -2.00. The molecular formula is C18H14ClNO3. The smallest absolute Gasteiger partial charge is 0.363 e. The third-order valence-corrected chi connectivity index (χ3v) is 3.65. The number of aliphatic imine (C=N–C) groups is 1. The number of hydrogen-bond donors (Lipinski definition) is 0. The number of para-hydroxylation sites is 1. The van der Waals surface area contributed by atoms with Gasteiger partial charge in [0, 0.05) is 23.1 Å². The molecule has 1 aliphatic heterocycles. The molecule has 2 aromatic rings. The van der Waals surface area contributed by atoms with E-state index < -0.39 is 5.97 Å². The van der Waals surface area contributed by atoms with Gasteiger partial charge in [0.2, 0.25) is 0 Å². The third-order valence-electron chi connectivity index (χ3n) is 3.28. The van der Waals surface area contributed by atoms with Crippen molar-refractivity contribution < 1.29 is 14.3 Å². The van der Waals surface area contributed by atoms with Gasteiger partial charge in [0.1, 0.15) is 12.4 Å². The van der Waals surface area contributed by atoms with Crippen LogP contribution in [-0.4, -0.2) is 11.9 Å².